The van der Waals surface area contributed by atoms with E-state index < -0.39 is 0 Å². The number of hydrogen-bond acceptors (Lipinski definition) is 5. The minimum Gasteiger partial charge on any atom is -0.490 e. The van der Waals surface area contributed by atoms with Gasteiger partial charge in [0.05, 0.1) is 18.1 Å². The van der Waals surface area contributed by atoms with Crippen molar-refractivity contribution < 1.29 is 9.47 Å². The fourth-order valence-corrected chi connectivity index (χ4v) is 4.02. The molecule has 4 rings (SSSR count). The van der Waals surface area contributed by atoms with Crippen molar-refractivity contribution >= 4 is 5.69 Å². The molecule has 1 aromatic rings. The summed E-state index contributed by atoms with van der Waals surface area (Å²) in [5.41, 5.74) is 1.20. The Kier molecular flexibility index (Phi) is 6.28. The third kappa shape index (κ3) is 5.34. The van der Waals surface area contributed by atoms with Gasteiger partial charge in [-0.2, -0.15) is 0 Å². The Bertz CT molecular complexity index is 550. The molecule has 1 N–H and O–H groups in total. The SMILES string of the molecule is c1ncc(N2CCC(CCOCC3CC3)CC2)cc1OCC1CCCN1. The fourth-order valence-electron chi connectivity index (χ4n) is 4.02. The second-order valence-corrected chi connectivity index (χ2v) is 8.22. The number of nitrogens with one attached hydrogen (secondary N) is 1. The second kappa shape index (κ2) is 9.05. The van der Waals surface area contributed by atoms with E-state index in [2.05, 4.69) is 21.3 Å². The molecule has 3 aliphatic rings. The maximum Gasteiger partial charge on any atom is 0.139 e. The van der Waals surface area contributed by atoms with Crippen LogP contribution in [-0.2, 0) is 4.74 Å². The molecule has 1 atom stereocenters. The van der Waals surface area contributed by atoms with Crippen LogP contribution in [0.2, 0.25) is 0 Å². The Morgan fingerprint density at radius 1 is 1.04 bits per heavy atom. The molecule has 0 radical (unpaired) electrons. The average molecular weight is 360 g/mol. The standard InChI is InChI=1S/C21H33N3O2/c1-2-19(23-8-1)16-26-21-12-20(13-22-14-21)24-9-5-17(6-10-24)7-11-25-15-18-3-4-18/h12-14,17-19,23H,1-11,15-16H2. The van der Waals surface area contributed by atoms with Crippen LogP contribution in [0.3, 0.4) is 0 Å². The van der Waals surface area contributed by atoms with Crippen molar-refractivity contribution in [2.24, 2.45) is 11.8 Å². The van der Waals surface area contributed by atoms with Crippen molar-refractivity contribution in [3.63, 3.8) is 0 Å². The first-order chi connectivity index (χ1) is 12.9. The lowest BCUT2D eigenvalue weighted by atomic mass is 9.94. The Balaban J connectivity index is 1.18. The highest BCUT2D eigenvalue weighted by Crippen LogP contribution is 2.30. The topological polar surface area (TPSA) is 46.6 Å². The van der Waals surface area contributed by atoms with Crippen LogP contribution < -0.4 is 15.0 Å². The van der Waals surface area contributed by atoms with E-state index in [4.69, 9.17) is 9.47 Å². The first-order valence-electron chi connectivity index (χ1n) is 10.5. The van der Waals surface area contributed by atoms with Crippen LogP contribution in [0.4, 0.5) is 5.69 Å². The fraction of sp³-hybridized carbons (Fsp3) is 0.762. The predicted octanol–water partition coefficient (Wildman–Crippen LogP) is 3.25. The van der Waals surface area contributed by atoms with E-state index in [1.807, 2.05) is 12.4 Å². The molecular formula is C21H33N3O2. The van der Waals surface area contributed by atoms with Gasteiger partial charge in [-0.1, -0.05) is 0 Å². The summed E-state index contributed by atoms with van der Waals surface area (Å²) >= 11 is 0. The molecule has 3 fully saturated rings. The second-order valence-electron chi connectivity index (χ2n) is 8.22. The van der Waals surface area contributed by atoms with E-state index in [0.29, 0.717) is 6.04 Å². The lowest BCUT2D eigenvalue weighted by Gasteiger charge is -2.33. The van der Waals surface area contributed by atoms with Gasteiger partial charge in [0.2, 0.25) is 0 Å². The Labute approximate surface area is 157 Å². The molecule has 0 amide bonds. The van der Waals surface area contributed by atoms with E-state index in [9.17, 15) is 0 Å². The molecule has 1 aliphatic carbocycles. The Morgan fingerprint density at radius 2 is 1.92 bits per heavy atom. The van der Waals surface area contributed by atoms with E-state index in [0.717, 1.165) is 57.0 Å². The van der Waals surface area contributed by atoms with Crippen LogP contribution in [0.5, 0.6) is 5.75 Å². The molecule has 0 spiro atoms. The van der Waals surface area contributed by atoms with Gasteiger partial charge in [0.1, 0.15) is 12.4 Å². The molecule has 1 saturated carbocycles. The first-order valence-corrected chi connectivity index (χ1v) is 10.5. The number of nitrogens with zero attached hydrogens (tertiary/aromatic N) is 2. The van der Waals surface area contributed by atoms with Gasteiger partial charge < -0.3 is 19.7 Å². The largest absolute Gasteiger partial charge is 0.490 e. The van der Waals surface area contributed by atoms with Gasteiger partial charge in [-0.3, -0.25) is 4.98 Å². The number of aromatic nitrogens is 1. The molecule has 5 heteroatoms. The molecule has 144 valence electrons. The monoisotopic (exact) mass is 359 g/mol. The molecule has 3 heterocycles. The van der Waals surface area contributed by atoms with E-state index in [-0.39, 0.29) is 0 Å². The van der Waals surface area contributed by atoms with Gasteiger partial charge >= 0.3 is 0 Å². The van der Waals surface area contributed by atoms with Crippen LogP contribution in [0, 0.1) is 11.8 Å². The number of ether oxygens (including phenoxy) is 2. The smallest absolute Gasteiger partial charge is 0.139 e. The zero-order valence-electron chi connectivity index (χ0n) is 15.9. The molecular weight excluding hydrogens is 326 g/mol. The third-order valence-electron chi connectivity index (χ3n) is 6.01. The molecule has 5 nitrogen and oxygen atoms in total. The molecule has 0 bridgehead atoms. The first kappa shape index (κ1) is 18.1. The summed E-state index contributed by atoms with van der Waals surface area (Å²) in [4.78, 5) is 6.85. The number of pyridine rings is 1. The van der Waals surface area contributed by atoms with Crippen LogP contribution in [0.1, 0.15) is 44.9 Å². The molecule has 1 aromatic heterocycles. The lowest BCUT2D eigenvalue weighted by molar-refractivity contribution is 0.107. The molecule has 0 aromatic carbocycles. The van der Waals surface area contributed by atoms with Crippen LogP contribution >= 0.6 is 0 Å². The number of rotatable bonds is 9. The highest BCUT2D eigenvalue weighted by atomic mass is 16.5. The summed E-state index contributed by atoms with van der Waals surface area (Å²) < 4.78 is 11.8. The van der Waals surface area contributed by atoms with Crippen molar-refractivity contribution in [3.8, 4) is 5.75 Å². The quantitative estimate of drug-likeness (QED) is 0.686. The lowest BCUT2D eigenvalue weighted by Crippen LogP contribution is -2.34. The Morgan fingerprint density at radius 3 is 2.69 bits per heavy atom. The van der Waals surface area contributed by atoms with Gasteiger partial charge in [-0.15, -0.1) is 0 Å². The van der Waals surface area contributed by atoms with Crippen LogP contribution in [0.25, 0.3) is 0 Å². The predicted molar refractivity (Wildman–Crippen MR) is 104 cm³/mol. The summed E-state index contributed by atoms with van der Waals surface area (Å²) in [6.45, 7) is 6.03. The molecule has 2 aliphatic heterocycles. The van der Waals surface area contributed by atoms with Gasteiger partial charge in [-0.05, 0) is 63.3 Å². The third-order valence-corrected chi connectivity index (χ3v) is 6.01. The van der Waals surface area contributed by atoms with E-state index in [1.54, 1.807) is 0 Å². The maximum absolute atomic E-state index is 5.96. The van der Waals surface area contributed by atoms with Crippen molar-refractivity contribution in [2.45, 2.75) is 51.0 Å². The molecule has 2 saturated heterocycles. The molecule has 1 unspecified atom stereocenters. The maximum atomic E-state index is 5.96. The van der Waals surface area contributed by atoms with Gasteiger partial charge in [0.25, 0.3) is 0 Å². The minimum atomic E-state index is 0.497. The van der Waals surface area contributed by atoms with E-state index in [1.165, 1.54) is 50.6 Å². The molecule has 26 heavy (non-hydrogen) atoms. The summed E-state index contributed by atoms with van der Waals surface area (Å²) in [5, 5.41) is 3.47. The van der Waals surface area contributed by atoms with Crippen LogP contribution in [-0.4, -0.2) is 50.5 Å². The highest BCUT2D eigenvalue weighted by Gasteiger charge is 2.23. The van der Waals surface area contributed by atoms with Crippen LogP contribution in [0.15, 0.2) is 18.5 Å². The number of anilines is 1. The average Bonchev–Trinajstić information content (AvgIpc) is 3.36. The summed E-state index contributed by atoms with van der Waals surface area (Å²) in [7, 11) is 0. The van der Waals surface area contributed by atoms with E-state index >= 15 is 0 Å². The van der Waals surface area contributed by atoms with Gasteiger partial charge in [0, 0.05) is 38.4 Å². The summed E-state index contributed by atoms with van der Waals surface area (Å²) in [5.74, 6) is 2.58. The number of hydrogen-bond donors (Lipinski definition) is 1. The van der Waals surface area contributed by atoms with Crippen molar-refractivity contribution in [2.75, 3.05) is 44.4 Å². The van der Waals surface area contributed by atoms with Crippen molar-refractivity contribution in [3.05, 3.63) is 18.5 Å². The summed E-state index contributed by atoms with van der Waals surface area (Å²) in [6.07, 6.45) is 12.8. The summed E-state index contributed by atoms with van der Waals surface area (Å²) in [6, 6.07) is 2.65. The normalized spacial score (nSPS) is 24.2. The zero-order chi connectivity index (χ0) is 17.6. The van der Waals surface area contributed by atoms with Gasteiger partial charge in [0.15, 0.2) is 0 Å². The Hall–Kier alpha value is -1.33. The van der Waals surface area contributed by atoms with Crippen molar-refractivity contribution in [1.82, 2.24) is 10.3 Å². The highest BCUT2D eigenvalue weighted by molar-refractivity contribution is 5.48. The minimum absolute atomic E-state index is 0.497. The zero-order valence-corrected chi connectivity index (χ0v) is 15.9. The van der Waals surface area contributed by atoms with Gasteiger partial charge in [-0.25, -0.2) is 0 Å². The van der Waals surface area contributed by atoms with Crippen molar-refractivity contribution in [1.29, 1.82) is 0 Å². The number of piperidine rings is 1.